The van der Waals surface area contributed by atoms with Gasteiger partial charge in [-0.15, -0.1) is 0 Å². The van der Waals surface area contributed by atoms with Crippen LogP contribution in [-0.2, 0) is 0 Å². The van der Waals surface area contributed by atoms with Crippen LogP contribution in [-0.4, -0.2) is 30.6 Å². The van der Waals surface area contributed by atoms with Crippen LogP contribution in [0.2, 0.25) is 0 Å². The molecule has 1 saturated carbocycles. The van der Waals surface area contributed by atoms with Gasteiger partial charge in [-0.25, -0.2) is 9.97 Å². The highest BCUT2D eigenvalue weighted by Gasteiger charge is 2.25. The van der Waals surface area contributed by atoms with Crippen LogP contribution < -0.4 is 0 Å². The number of aromatic nitrogens is 4. The Morgan fingerprint density at radius 2 is 2.14 bits per heavy atom. The van der Waals surface area contributed by atoms with Crippen molar-refractivity contribution in [1.29, 1.82) is 0 Å². The Morgan fingerprint density at radius 1 is 1.18 bits per heavy atom. The SMILES string of the molecule is OC[C@@H]1CCC[C@@H](n2ccnc2-c2cnc3ccccn23)C1. The summed E-state index contributed by atoms with van der Waals surface area (Å²) in [6.45, 7) is 0.288. The Balaban J connectivity index is 1.74. The maximum atomic E-state index is 9.46. The number of imidazole rings is 2. The van der Waals surface area contributed by atoms with Crippen molar-refractivity contribution in [3.63, 3.8) is 0 Å². The van der Waals surface area contributed by atoms with Gasteiger partial charge in [0, 0.05) is 31.2 Å². The molecule has 0 amide bonds. The van der Waals surface area contributed by atoms with E-state index in [0.29, 0.717) is 12.0 Å². The highest BCUT2D eigenvalue weighted by atomic mass is 16.3. The lowest BCUT2D eigenvalue weighted by molar-refractivity contribution is 0.163. The lowest BCUT2D eigenvalue weighted by atomic mass is 9.86. The molecule has 5 nitrogen and oxygen atoms in total. The largest absolute Gasteiger partial charge is 0.396 e. The molecule has 1 N–H and O–H groups in total. The van der Waals surface area contributed by atoms with E-state index >= 15 is 0 Å². The van der Waals surface area contributed by atoms with E-state index in [1.165, 1.54) is 6.42 Å². The molecular weight excluding hydrogens is 276 g/mol. The second-order valence-corrected chi connectivity index (χ2v) is 6.10. The standard InChI is InChI=1S/C17H20N4O/c22-12-13-4-3-5-14(10-13)20-9-7-18-17(20)15-11-19-16-6-1-2-8-21(15)16/h1-2,6-9,11,13-14,22H,3-5,10,12H2/t13-,14-/m1/s1. The van der Waals surface area contributed by atoms with Gasteiger partial charge in [0.1, 0.15) is 11.3 Å². The van der Waals surface area contributed by atoms with E-state index in [2.05, 4.69) is 25.1 Å². The van der Waals surface area contributed by atoms with Gasteiger partial charge in [-0.05, 0) is 37.3 Å². The van der Waals surface area contributed by atoms with Gasteiger partial charge in [0.05, 0.1) is 6.20 Å². The van der Waals surface area contributed by atoms with E-state index in [-0.39, 0.29) is 6.61 Å². The smallest absolute Gasteiger partial charge is 0.158 e. The fraction of sp³-hybridized carbons (Fsp3) is 0.412. The highest BCUT2D eigenvalue weighted by molar-refractivity contribution is 5.57. The molecule has 3 heterocycles. The van der Waals surface area contributed by atoms with Gasteiger partial charge in [0.25, 0.3) is 0 Å². The molecule has 1 aliphatic rings. The summed E-state index contributed by atoms with van der Waals surface area (Å²) >= 11 is 0. The molecule has 0 spiro atoms. The highest BCUT2D eigenvalue weighted by Crippen LogP contribution is 2.34. The van der Waals surface area contributed by atoms with Crippen LogP contribution in [0.4, 0.5) is 0 Å². The van der Waals surface area contributed by atoms with Crippen LogP contribution in [0.1, 0.15) is 31.7 Å². The molecule has 1 fully saturated rings. The molecule has 5 heteroatoms. The normalized spacial score (nSPS) is 22.2. The average molecular weight is 296 g/mol. The maximum Gasteiger partial charge on any atom is 0.158 e. The molecule has 3 aromatic heterocycles. The molecular formula is C17H20N4O. The topological polar surface area (TPSA) is 55.3 Å². The zero-order valence-electron chi connectivity index (χ0n) is 12.5. The van der Waals surface area contributed by atoms with Crippen LogP contribution in [0.5, 0.6) is 0 Å². The van der Waals surface area contributed by atoms with E-state index in [9.17, 15) is 5.11 Å². The maximum absolute atomic E-state index is 9.46. The molecule has 0 bridgehead atoms. The van der Waals surface area contributed by atoms with Crippen molar-refractivity contribution < 1.29 is 5.11 Å². The number of nitrogens with zero attached hydrogens (tertiary/aromatic N) is 4. The van der Waals surface area contributed by atoms with Gasteiger partial charge in [-0.1, -0.05) is 12.5 Å². The Morgan fingerprint density at radius 3 is 3.05 bits per heavy atom. The summed E-state index contributed by atoms with van der Waals surface area (Å²) in [4.78, 5) is 9.04. The second-order valence-electron chi connectivity index (χ2n) is 6.10. The zero-order valence-corrected chi connectivity index (χ0v) is 12.5. The molecule has 0 aliphatic heterocycles. The fourth-order valence-corrected chi connectivity index (χ4v) is 3.59. The van der Waals surface area contributed by atoms with Crippen molar-refractivity contribution in [3.05, 3.63) is 43.0 Å². The van der Waals surface area contributed by atoms with Gasteiger partial charge in [0.2, 0.25) is 0 Å². The van der Waals surface area contributed by atoms with Crippen LogP contribution in [0.25, 0.3) is 17.2 Å². The van der Waals surface area contributed by atoms with Crippen molar-refractivity contribution in [2.24, 2.45) is 5.92 Å². The molecule has 0 unspecified atom stereocenters. The molecule has 0 aromatic carbocycles. The van der Waals surface area contributed by atoms with Crippen molar-refractivity contribution in [3.8, 4) is 11.5 Å². The van der Waals surface area contributed by atoms with E-state index < -0.39 is 0 Å². The van der Waals surface area contributed by atoms with E-state index in [1.54, 1.807) is 0 Å². The Bertz CT molecular complexity index is 776. The molecule has 0 radical (unpaired) electrons. The van der Waals surface area contributed by atoms with Crippen LogP contribution >= 0.6 is 0 Å². The van der Waals surface area contributed by atoms with Crippen LogP contribution in [0.3, 0.4) is 0 Å². The Kier molecular flexibility index (Phi) is 3.42. The number of hydrogen-bond acceptors (Lipinski definition) is 3. The zero-order chi connectivity index (χ0) is 14.9. The minimum atomic E-state index is 0.288. The van der Waals surface area contributed by atoms with E-state index in [4.69, 9.17) is 0 Å². The lowest BCUT2D eigenvalue weighted by Gasteiger charge is -2.29. The average Bonchev–Trinajstić information content (AvgIpc) is 3.21. The number of aliphatic hydroxyl groups is 1. The Labute approximate surface area is 129 Å². The van der Waals surface area contributed by atoms with E-state index in [0.717, 1.165) is 36.4 Å². The molecule has 4 rings (SSSR count). The monoisotopic (exact) mass is 296 g/mol. The van der Waals surface area contributed by atoms with Crippen molar-refractivity contribution in [1.82, 2.24) is 18.9 Å². The predicted molar refractivity (Wildman–Crippen MR) is 84.5 cm³/mol. The molecule has 114 valence electrons. The summed E-state index contributed by atoms with van der Waals surface area (Å²) in [6, 6.07) is 6.41. The third-order valence-electron chi connectivity index (χ3n) is 4.72. The predicted octanol–water partition coefficient (Wildman–Crippen LogP) is 2.92. The number of rotatable bonds is 3. The molecule has 22 heavy (non-hydrogen) atoms. The fourth-order valence-electron chi connectivity index (χ4n) is 3.59. The molecule has 1 aliphatic carbocycles. The molecule has 0 saturated heterocycles. The van der Waals surface area contributed by atoms with E-state index in [1.807, 2.05) is 36.8 Å². The first-order chi connectivity index (χ1) is 10.9. The summed E-state index contributed by atoms with van der Waals surface area (Å²) in [6.07, 6.45) is 12.3. The van der Waals surface area contributed by atoms with Crippen molar-refractivity contribution in [2.75, 3.05) is 6.61 Å². The summed E-state index contributed by atoms with van der Waals surface area (Å²) < 4.78 is 4.34. The number of aliphatic hydroxyl groups excluding tert-OH is 1. The second kappa shape index (κ2) is 5.57. The van der Waals surface area contributed by atoms with Crippen molar-refractivity contribution in [2.45, 2.75) is 31.7 Å². The first-order valence-electron chi connectivity index (χ1n) is 7.93. The van der Waals surface area contributed by atoms with Gasteiger partial charge >= 0.3 is 0 Å². The van der Waals surface area contributed by atoms with Crippen LogP contribution in [0, 0.1) is 5.92 Å². The summed E-state index contributed by atoms with van der Waals surface area (Å²) in [5.74, 6) is 1.37. The number of fused-ring (bicyclic) bond motifs is 1. The van der Waals surface area contributed by atoms with Gasteiger partial charge in [-0.2, -0.15) is 0 Å². The molecule has 3 aromatic rings. The number of pyridine rings is 1. The third-order valence-corrected chi connectivity index (χ3v) is 4.72. The molecule has 2 atom stereocenters. The lowest BCUT2D eigenvalue weighted by Crippen LogP contribution is -2.21. The summed E-state index contributed by atoms with van der Waals surface area (Å²) in [5.41, 5.74) is 1.95. The minimum Gasteiger partial charge on any atom is -0.396 e. The summed E-state index contributed by atoms with van der Waals surface area (Å²) in [5, 5.41) is 9.46. The number of hydrogen-bond donors (Lipinski definition) is 1. The third kappa shape index (κ3) is 2.22. The Hall–Kier alpha value is -2.14. The van der Waals surface area contributed by atoms with Crippen molar-refractivity contribution >= 4 is 5.65 Å². The first kappa shape index (κ1) is 13.5. The minimum absolute atomic E-state index is 0.288. The van der Waals surface area contributed by atoms with Gasteiger partial charge in [0.15, 0.2) is 5.82 Å². The quantitative estimate of drug-likeness (QED) is 0.808. The summed E-state index contributed by atoms with van der Waals surface area (Å²) in [7, 11) is 0. The van der Waals surface area contributed by atoms with Gasteiger partial charge in [-0.3, -0.25) is 4.40 Å². The first-order valence-corrected chi connectivity index (χ1v) is 7.93. The van der Waals surface area contributed by atoms with Crippen LogP contribution in [0.15, 0.2) is 43.0 Å². The van der Waals surface area contributed by atoms with Gasteiger partial charge < -0.3 is 9.67 Å².